The summed E-state index contributed by atoms with van der Waals surface area (Å²) in [7, 11) is 0. The van der Waals surface area contributed by atoms with E-state index >= 15 is 0 Å². The second kappa shape index (κ2) is 1.70. The molecule has 2 aromatic rings. The molecule has 0 amide bonds. The Morgan fingerprint density at radius 2 is 2.30 bits per heavy atom. The number of fused-ring (bicyclic) bond motifs is 1. The maximum Gasteiger partial charge on any atom is 0.187 e. The van der Waals surface area contributed by atoms with Crippen molar-refractivity contribution in [2.24, 2.45) is 0 Å². The Bertz CT molecular complexity index is 355. The SMILES string of the molecule is Nc1cnc2cnoc2c1. The lowest BCUT2D eigenvalue weighted by Crippen LogP contribution is -1.84. The number of anilines is 1. The number of nitrogens with zero attached hydrogens (tertiary/aromatic N) is 2. The Kier molecular flexibility index (Phi) is 0.887. The van der Waals surface area contributed by atoms with E-state index in [1.165, 1.54) is 0 Å². The fourth-order valence-corrected chi connectivity index (χ4v) is 0.773. The third-order valence-electron chi connectivity index (χ3n) is 1.23. The molecular weight excluding hydrogens is 130 g/mol. The van der Waals surface area contributed by atoms with Crippen LogP contribution in [0.5, 0.6) is 0 Å². The van der Waals surface area contributed by atoms with Crippen molar-refractivity contribution in [2.75, 3.05) is 5.73 Å². The molecule has 0 aliphatic heterocycles. The number of nitrogen functional groups attached to an aromatic ring is 1. The summed E-state index contributed by atoms with van der Waals surface area (Å²) in [6.45, 7) is 0. The molecule has 10 heavy (non-hydrogen) atoms. The van der Waals surface area contributed by atoms with E-state index < -0.39 is 0 Å². The maximum atomic E-state index is 5.43. The smallest absolute Gasteiger partial charge is 0.187 e. The molecule has 50 valence electrons. The molecule has 0 radical (unpaired) electrons. The summed E-state index contributed by atoms with van der Waals surface area (Å²) in [5.74, 6) is 0. The van der Waals surface area contributed by atoms with Gasteiger partial charge in [0.1, 0.15) is 5.52 Å². The van der Waals surface area contributed by atoms with Gasteiger partial charge in [0, 0.05) is 6.07 Å². The van der Waals surface area contributed by atoms with Crippen LogP contribution in [-0.4, -0.2) is 10.1 Å². The average Bonchev–Trinajstić information content (AvgIpc) is 2.33. The highest BCUT2D eigenvalue weighted by atomic mass is 16.5. The van der Waals surface area contributed by atoms with Crippen LogP contribution in [0.2, 0.25) is 0 Å². The minimum absolute atomic E-state index is 0.587. The van der Waals surface area contributed by atoms with E-state index in [4.69, 9.17) is 10.3 Å². The Balaban J connectivity index is 2.86. The summed E-state index contributed by atoms with van der Waals surface area (Å²) in [4.78, 5) is 3.96. The van der Waals surface area contributed by atoms with E-state index in [0.29, 0.717) is 11.3 Å². The van der Waals surface area contributed by atoms with Gasteiger partial charge in [-0.2, -0.15) is 0 Å². The van der Waals surface area contributed by atoms with Crippen LogP contribution in [0.4, 0.5) is 5.69 Å². The van der Waals surface area contributed by atoms with E-state index in [2.05, 4.69) is 10.1 Å². The molecule has 0 atom stereocenters. The van der Waals surface area contributed by atoms with Gasteiger partial charge in [-0.15, -0.1) is 0 Å². The molecule has 0 bridgehead atoms. The Morgan fingerprint density at radius 3 is 3.20 bits per heavy atom. The zero-order valence-electron chi connectivity index (χ0n) is 5.11. The molecule has 2 aromatic heterocycles. The van der Waals surface area contributed by atoms with Crippen molar-refractivity contribution >= 4 is 16.8 Å². The van der Waals surface area contributed by atoms with Gasteiger partial charge in [-0.1, -0.05) is 5.16 Å². The van der Waals surface area contributed by atoms with Gasteiger partial charge >= 0.3 is 0 Å². The summed E-state index contributed by atoms with van der Waals surface area (Å²) in [5, 5.41) is 3.55. The van der Waals surface area contributed by atoms with Crippen molar-refractivity contribution in [2.45, 2.75) is 0 Å². The second-order valence-electron chi connectivity index (χ2n) is 1.98. The van der Waals surface area contributed by atoms with Crippen LogP contribution < -0.4 is 5.73 Å². The minimum Gasteiger partial charge on any atom is -0.397 e. The van der Waals surface area contributed by atoms with Gasteiger partial charge in [-0.25, -0.2) is 4.98 Å². The van der Waals surface area contributed by atoms with E-state index in [1.54, 1.807) is 18.5 Å². The predicted octanol–water partition coefficient (Wildman–Crippen LogP) is 0.805. The molecule has 0 saturated heterocycles. The standard InChI is InChI=1S/C6H5N3O/c7-4-1-6-5(8-2-4)3-9-10-6/h1-3H,7H2. The van der Waals surface area contributed by atoms with Crippen LogP contribution in [0.3, 0.4) is 0 Å². The fraction of sp³-hybridized carbons (Fsp3) is 0. The highest BCUT2D eigenvalue weighted by Gasteiger charge is 1.97. The van der Waals surface area contributed by atoms with Gasteiger partial charge in [0.25, 0.3) is 0 Å². The van der Waals surface area contributed by atoms with Gasteiger partial charge in [-0.3, -0.25) is 0 Å². The van der Waals surface area contributed by atoms with Gasteiger partial charge in [0.15, 0.2) is 5.58 Å². The molecule has 0 aromatic carbocycles. The van der Waals surface area contributed by atoms with Gasteiger partial charge in [0.2, 0.25) is 0 Å². The number of hydrogen-bond donors (Lipinski definition) is 1. The zero-order valence-corrected chi connectivity index (χ0v) is 5.11. The molecule has 0 saturated carbocycles. The summed E-state index contributed by atoms with van der Waals surface area (Å²) in [5.41, 5.74) is 7.38. The molecule has 2 heterocycles. The Morgan fingerprint density at radius 1 is 1.40 bits per heavy atom. The number of pyridine rings is 1. The lowest BCUT2D eigenvalue weighted by Gasteiger charge is -1.87. The first-order chi connectivity index (χ1) is 4.86. The summed E-state index contributed by atoms with van der Waals surface area (Å²) >= 11 is 0. The number of hydrogen-bond acceptors (Lipinski definition) is 4. The molecule has 2 N–H and O–H groups in total. The van der Waals surface area contributed by atoms with Crippen LogP contribution in [0.15, 0.2) is 23.0 Å². The first-order valence-electron chi connectivity index (χ1n) is 2.82. The lowest BCUT2D eigenvalue weighted by molar-refractivity contribution is 0.456. The van der Waals surface area contributed by atoms with Crippen molar-refractivity contribution in [3.63, 3.8) is 0 Å². The zero-order chi connectivity index (χ0) is 6.97. The molecule has 4 nitrogen and oxygen atoms in total. The van der Waals surface area contributed by atoms with E-state index in [1.807, 2.05) is 0 Å². The highest BCUT2D eigenvalue weighted by molar-refractivity contribution is 5.73. The maximum absolute atomic E-state index is 5.43. The van der Waals surface area contributed by atoms with Crippen LogP contribution in [-0.2, 0) is 0 Å². The Labute approximate surface area is 56.6 Å². The Hall–Kier alpha value is -1.58. The molecule has 0 aliphatic carbocycles. The molecule has 4 heteroatoms. The third kappa shape index (κ3) is 0.621. The van der Waals surface area contributed by atoms with Crippen molar-refractivity contribution in [1.82, 2.24) is 10.1 Å². The average molecular weight is 135 g/mol. The number of aromatic nitrogens is 2. The van der Waals surface area contributed by atoms with Crippen molar-refractivity contribution < 1.29 is 4.52 Å². The molecule has 0 fully saturated rings. The van der Waals surface area contributed by atoms with Crippen molar-refractivity contribution in [3.8, 4) is 0 Å². The summed E-state index contributed by atoms with van der Waals surface area (Å²) in [6, 6.07) is 1.69. The summed E-state index contributed by atoms with van der Waals surface area (Å²) < 4.78 is 4.81. The van der Waals surface area contributed by atoms with E-state index in [0.717, 1.165) is 5.52 Å². The van der Waals surface area contributed by atoms with E-state index in [9.17, 15) is 0 Å². The summed E-state index contributed by atoms with van der Waals surface area (Å²) in [6.07, 6.45) is 3.12. The van der Waals surface area contributed by atoms with E-state index in [-0.39, 0.29) is 0 Å². The van der Waals surface area contributed by atoms with Crippen LogP contribution >= 0.6 is 0 Å². The molecule has 2 rings (SSSR count). The third-order valence-corrected chi connectivity index (χ3v) is 1.23. The van der Waals surface area contributed by atoms with Crippen LogP contribution in [0, 0.1) is 0 Å². The van der Waals surface area contributed by atoms with Gasteiger partial charge in [-0.05, 0) is 0 Å². The first-order valence-corrected chi connectivity index (χ1v) is 2.82. The van der Waals surface area contributed by atoms with Crippen molar-refractivity contribution in [3.05, 3.63) is 18.5 Å². The number of rotatable bonds is 0. The normalized spacial score (nSPS) is 10.4. The molecule has 0 spiro atoms. The minimum atomic E-state index is 0.587. The highest BCUT2D eigenvalue weighted by Crippen LogP contribution is 2.12. The van der Waals surface area contributed by atoms with Gasteiger partial charge in [0.05, 0.1) is 18.1 Å². The quantitative estimate of drug-likeness (QED) is 0.580. The molecule has 0 unspecified atom stereocenters. The fourth-order valence-electron chi connectivity index (χ4n) is 0.773. The predicted molar refractivity (Wildman–Crippen MR) is 36.2 cm³/mol. The monoisotopic (exact) mass is 135 g/mol. The first kappa shape index (κ1) is 5.22. The topological polar surface area (TPSA) is 64.9 Å². The molecule has 0 aliphatic rings. The van der Waals surface area contributed by atoms with Crippen LogP contribution in [0.25, 0.3) is 11.1 Å². The lowest BCUT2D eigenvalue weighted by atomic mass is 10.4. The molecular formula is C6H5N3O. The second-order valence-corrected chi connectivity index (χ2v) is 1.98. The largest absolute Gasteiger partial charge is 0.397 e. The van der Waals surface area contributed by atoms with Gasteiger partial charge < -0.3 is 10.3 Å². The van der Waals surface area contributed by atoms with Crippen molar-refractivity contribution in [1.29, 1.82) is 0 Å². The van der Waals surface area contributed by atoms with Crippen LogP contribution in [0.1, 0.15) is 0 Å². The number of nitrogens with two attached hydrogens (primary N) is 1.